The number of hydrogen-bond donors (Lipinski definition) is 0. The standard InChI is InChI=1S/C21H19NO5S/c1-3-25-20(23)15-8-10-17(11-9-15)27-21(24)18-6-4-5-7-19(18)26-12-16-13-28-14(2)22-16/h4-11,13H,3,12H2,1-2H3. The molecule has 0 saturated carbocycles. The summed E-state index contributed by atoms with van der Waals surface area (Å²) in [4.78, 5) is 28.6. The molecule has 3 aromatic rings. The normalized spacial score (nSPS) is 10.4. The van der Waals surface area contributed by atoms with Crippen LogP contribution in [-0.2, 0) is 11.3 Å². The van der Waals surface area contributed by atoms with Crippen molar-refractivity contribution in [2.24, 2.45) is 0 Å². The second-order valence-electron chi connectivity index (χ2n) is 5.78. The highest BCUT2D eigenvalue weighted by Crippen LogP contribution is 2.22. The van der Waals surface area contributed by atoms with Crippen LogP contribution < -0.4 is 9.47 Å². The number of aromatic nitrogens is 1. The van der Waals surface area contributed by atoms with Crippen molar-refractivity contribution in [3.05, 3.63) is 75.7 Å². The Bertz CT molecular complexity index is 965. The highest BCUT2D eigenvalue weighted by molar-refractivity contribution is 7.09. The smallest absolute Gasteiger partial charge is 0.347 e. The van der Waals surface area contributed by atoms with Gasteiger partial charge in [-0.3, -0.25) is 0 Å². The van der Waals surface area contributed by atoms with Crippen LogP contribution in [0, 0.1) is 6.92 Å². The van der Waals surface area contributed by atoms with Gasteiger partial charge in [-0.05, 0) is 50.2 Å². The van der Waals surface area contributed by atoms with Gasteiger partial charge in [0, 0.05) is 5.38 Å². The fraction of sp³-hybridized carbons (Fsp3) is 0.190. The molecule has 0 atom stereocenters. The third kappa shape index (κ3) is 4.95. The summed E-state index contributed by atoms with van der Waals surface area (Å²) in [5, 5.41) is 2.87. The van der Waals surface area contributed by atoms with Crippen LogP contribution in [0.2, 0.25) is 0 Å². The molecule has 0 unspecified atom stereocenters. The SMILES string of the molecule is CCOC(=O)c1ccc(OC(=O)c2ccccc2OCc2csc(C)n2)cc1. The molecule has 0 N–H and O–H groups in total. The molecule has 0 aliphatic carbocycles. The third-order valence-electron chi connectivity index (χ3n) is 3.73. The lowest BCUT2D eigenvalue weighted by atomic mass is 10.2. The van der Waals surface area contributed by atoms with Crippen molar-refractivity contribution in [2.45, 2.75) is 20.5 Å². The summed E-state index contributed by atoms with van der Waals surface area (Å²) in [5.74, 6) is -0.227. The molecule has 1 aromatic heterocycles. The summed E-state index contributed by atoms with van der Waals surface area (Å²) in [6.45, 7) is 4.23. The number of benzene rings is 2. The van der Waals surface area contributed by atoms with Crippen molar-refractivity contribution >= 4 is 23.3 Å². The minimum Gasteiger partial charge on any atom is -0.486 e. The first-order chi connectivity index (χ1) is 13.6. The molecule has 3 rings (SSSR count). The Balaban J connectivity index is 1.68. The third-order valence-corrected chi connectivity index (χ3v) is 4.55. The Morgan fingerprint density at radius 2 is 1.79 bits per heavy atom. The fourth-order valence-corrected chi connectivity index (χ4v) is 3.02. The van der Waals surface area contributed by atoms with E-state index in [4.69, 9.17) is 14.2 Å². The van der Waals surface area contributed by atoms with Crippen LogP contribution >= 0.6 is 11.3 Å². The van der Waals surface area contributed by atoms with E-state index in [-0.39, 0.29) is 6.61 Å². The molecule has 0 spiro atoms. The predicted octanol–water partition coefficient (Wildman–Crippen LogP) is 4.43. The lowest BCUT2D eigenvalue weighted by molar-refractivity contribution is 0.0526. The average molecular weight is 397 g/mol. The summed E-state index contributed by atoms with van der Waals surface area (Å²) in [6, 6.07) is 13.1. The van der Waals surface area contributed by atoms with E-state index in [0.717, 1.165) is 10.7 Å². The van der Waals surface area contributed by atoms with Gasteiger partial charge in [-0.2, -0.15) is 0 Å². The van der Waals surface area contributed by atoms with Gasteiger partial charge in [-0.25, -0.2) is 14.6 Å². The van der Waals surface area contributed by atoms with Gasteiger partial charge in [-0.1, -0.05) is 12.1 Å². The van der Waals surface area contributed by atoms with Crippen LogP contribution in [0.3, 0.4) is 0 Å². The largest absolute Gasteiger partial charge is 0.486 e. The summed E-state index contributed by atoms with van der Waals surface area (Å²) in [6.07, 6.45) is 0. The van der Waals surface area contributed by atoms with E-state index in [9.17, 15) is 9.59 Å². The lowest BCUT2D eigenvalue weighted by Crippen LogP contribution is -2.11. The number of carbonyl (C=O) groups is 2. The molecule has 28 heavy (non-hydrogen) atoms. The molecule has 0 fully saturated rings. The topological polar surface area (TPSA) is 74.7 Å². The van der Waals surface area contributed by atoms with Crippen molar-refractivity contribution in [2.75, 3.05) is 6.61 Å². The van der Waals surface area contributed by atoms with Gasteiger partial charge in [0.05, 0.1) is 22.9 Å². The van der Waals surface area contributed by atoms with E-state index in [2.05, 4.69) is 4.98 Å². The summed E-state index contributed by atoms with van der Waals surface area (Å²) in [5.41, 5.74) is 1.51. The molecule has 0 bridgehead atoms. The summed E-state index contributed by atoms with van der Waals surface area (Å²) < 4.78 is 16.1. The maximum Gasteiger partial charge on any atom is 0.347 e. The van der Waals surface area contributed by atoms with Crippen molar-refractivity contribution in [1.82, 2.24) is 4.98 Å². The van der Waals surface area contributed by atoms with Gasteiger partial charge in [0.25, 0.3) is 0 Å². The van der Waals surface area contributed by atoms with Crippen LogP contribution in [-0.4, -0.2) is 23.5 Å². The van der Waals surface area contributed by atoms with Crippen molar-refractivity contribution in [1.29, 1.82) is 0 Å². The molecule has 7 heteroatoms. The van der Waals surface area contributed by atoms with Crippen LogP contribution in [0.25, 0.3) is 0 Å². The van der Waals surface area contributed by atoms with Crippen molar-refractivity contribution in [3.8, 4) is 11.5 Å². The molecular formula is C21H19NO5S. The Morgan fingerprint density at radius 1 is 1.04 bits per heavy atom. The van der Waals surface area contributed by atoms with E-state index in [1.54, 1.807) is 66.8 Å². The molecule has 1 heterocycles. The number of rotatable bonds is 7. The molecule has 2 aromatic carbocycles. The number of aryl methyl sites for hydroxylation is 1. The van der Waals surface area contributed by atoms with Gasteiger partial charge in [0.15, 0.2) is 0 Å². The van der Waals surface area contributed by atoms with Gasteiger partial charge >= 0.3 is 11.9 Å². The first-order valence-electron chi connectivity index (χ1n) is 8.69. The lowest BCUT2D eigenvalue weighted by Gasteiger charge is -2.10. The van der Waals surface area contributed by atoms with Crippen LogP contribution in [0.1, 0.15) is 38.3 Å². The highest BCUT2D eigenvalue weighted by Gasteiger charge is 2.16. The zero-order chi connectivity index (χ0) is 19.9. The number of ether oxygens (including phenoxy) is 3. The van der Waals surface area contributed by atoms with Gasteiger partial charge in [0.1, 0.15) is 23.7 Å². The Labute approximate surface area is 166 Å². The van der Waals surface area contributed by atoms with Crippen LogP contribution in [0.5, 0.6) is 11.5 Å². The Hall–Kier alpha value is -3.19. The Kier molecular flexibility index (Phi) is 6.39. The maximum absolute atomic E-state index is 12.6. The van der Waals surface area contributed by atoms with E-state index in [1.807, 2.05) is 12.3 Å². The molecule has 0 aliphatic heterocycles. The van der Waals surface area contributed by atoms with Gasteiger partial charge < -0.3 is 14.2 Å². The van der Waals surface area contributed by atoms with E-state index >= 15 is 0 Å². The quantitative estimate of drug-likeness (QED) is 0.434. The molecule has 0 saturated heterocycles. The van der Waals surface area contributed by atoms with E-state index < -0.39 is 11.9 Å². The maximum atomic E-state index is 12.6. The molecule has 144 valence electrons. The number of hydrogen-bond acceptors (Lipinski definition) is 7. The van der Waals surface area contributed by atoms with Crippen molar-refractivity contribution < 1.29 is 23.8 Å². The molecule has 0 amide bonds. The number of esters is 2. The van der Waals surface area contributed by atoms with E-state index in [0.29, 0.717) is 29.2 Å². The Morgan fingerprint density at radius 3 is 2.46 bits per heavy atom. The second kappa shape index (κ2) is 9.14. The van der Waals surface area contributed by atoms with Gasteiger partial charge in [-0.15, -0.1) is 11.3 Å². The summed E-state index contributed by atoms with van der Waals surface area (Å²) >= 11 is 1.54. The number of para-hydroxylation sites is 1. The van der Waals surface area contributed by atoms with Crippen LogP contribution in [0.4, 0.5) is 0 Å². The van der Waals surface area contributed by atoms with E-state index in [1.165, 1.54) is 0 Å². The second-order valence-corrected chi connectivity index (χ2v) is 6.84. The first-order valence-corrected chi connectivity index (χ1v) is 9.57. The molecule has 0 aliphatic rings. The number of nitrogens with zero attached hydrogens (tertiary/aromatic N) is 1. The summed E-state index contributed by atoms with van der Waals surface area (Å²) in [7, 11) is 0. The monoisotopic (exact) mass is 397 g/mol. The minimum atomic E-state index is -0.547. The van der Waals surface area contributed by atoms with Crippen molar-refractivity contribution in [3.63, 3.8) is 0 Å². The highest BCUT2D eigenvalue weighted by atomic mass is 32.1. The van der Waals surface area contributed by atoms with Crippen LogP contribution in [0.15, 0.2) is 53.9 Å². The molecule has 0 radical (unpaired) electrons. The first kappa shape index (κ1) is 19.6. The van der Waals surface area contributed by atoms with Gasteiger partial charge in [0.2, 0.25) is 0 Å². The number of carbonyl (C=O) groups excluding carboxylic acids is 2. The predicted molar refractivity (Wildman–Crippen MR) is 105 cm³/mol. The minimum absolute atomic E-state index is 0.267. The molecule has 6 nitrogen and oxygen atoms in total. The zero-order valence-electron chi connectivity index (χ0n) is 15.5. The fourth-order valence-electron chi connectivity index (χ4n) is 2.42. The zero-order valence-corrected chi connectivity index (χ0v) is 16.3. The number of thiazole rings is 1. The molecular weight excluding hydrogens is 378 g/mol. The average Bonchev–Trinajstić information content (AvgIpc) is 3.12.